The first-order valence-corrected chi connectivity index (χ1v) is 11.5. The Bertz CT molecular complexity index is 1240. The average Bonchev–Trinajstić information content (AvgIpc) is 2.88. The highest BCUT2D eigenvalue weighted by atomic mass is 19.1. The van der Waals surface area contributed by atoms with Crippen LogP contribution in [0.5, 0.6) is 17.4 Å². The van der Waals surface area contributed by atoms with Gasteiger partial charge in [0, 0.05) is 37.3 Å². The van der Waals surface area contributed by atoms with Crippen molar-refractivity contribution in [2.45, 2.75) is 25.0 Å². The van der Waals surface area contributed by atoms with Crippen LogP contribution in [0, 0.1) is 5.82 Å². The minimum absolute atomic E-state index is 0.201. The van der Waals surface area contributed by atoms with Crippen LogP contribution in [0.3, 0.4) is 0 Å². The van der Waals surface area contributed by atoms with Gasteiger partial charge in [-0.1, -0.05) is 0 Å². The molecule has 1 amide bonds. The highest BCUT2D eigenvalue weighted by Crippen LogP contribution is 2.29. The highest BCUT2D eigenvalue weighted by molar-refractivity contribution is 5.93. The van der Waals surface area contributed by atoms with Crippen LogP contribution in [0.1, 0.15) is 22.5 Å². The summed E-state index contributed by atoms with van der Waals surface area (Å²) in [6.45, 7) is 2.37. The van der Waals surface area contributed by atoms with Crippen molar-refractivity contribution in [2.24, 2.45) is 0 Å². The predicted octanol–water partition coefficient (Wildman–Crippen LogP) is 1.35. The Morgan fingerprint density at radius 2 is 2.09 bits per heavy atom. The lowest BCUT2D eigenvalue weighted by atomic mass is 10.0. The first-order chi connectivity index (χ1) is 17.0. The van der Waals surface area contributed by atoms with Crippen molar-refractivity contribution in [3.63, 3.8) is 0 Å². The van der Waals surface area contributed by atoms with Crippen LogP contribution in [-0.4, -0.2) is 83.0 Å². The van der Waals surface area contributed by atoms with E-state index in [0.717, 1.165) is 0 Å². The van der Waals surface area contributed by atoms with Crippen molar-refractivity contribution in [3.05, 3.63) is 47.7 Å². The Labute approximate surface area is 201 Å². The van der Waals surface area contributed by atoms with E-state index in [1.165, 1.54) is 19.5 Å². The molecule has 0 aromatic carbocycles. The number of hydrogen-bond acceptors (Lipinski definition) is 9. The molecule has 1 saturated heterocycles. The molecule has 0 spiro atoms. The number of nitrogens with zero attached hydrogens (tertiary/aromatic N) is 4. The number of pyridine rings is 3. The molecule has 0 saturated carbocycles. The molecule has 5 rings (SSSR count). The van der Waals surface area contributed by atoms with Crippen molar-refractivity contribution in [3.8, 4) is 17.4 Å². The fourth-order valence-corrected chi connectivity index (χ4v) is 4.38. The van der Waals surface area contributed by atoms with Crippen LogP contribution >= 0.6 is 0 Å². The Morgan fingerprint density at radius 3 is 2.89 bits per heavy atom. The second kappa shape index (κ2) is 9.96. The highest BCUT2D eigenvalue weighted by Gasteiger charge is 2.30. The third kappa shape index (κ3) is 4.96. The molecule has 2 aliphatic heterocycles. The van der Waals surface area contributed by atoms with Crippen molar-refractivity contribution in [1.29, 1.82) is 0 Å². The number of aliphatic hydroxyl groups is 1. The standard InChI is InChI=1S/C24H26FN5O5/c1-33-22-3-2-17-23(29-22)14(15(25)11-26-17)4-6-30-7-5-16(19(31)13-30)28-24(32)18-10-20-21(12-27-18)35-9-8-34-20/h2-3,10-12,16,19,31H,4-9,13H2,1H3,(H,28,32). The van der Waals surface area contributed by atoms with Gasteiger partial charge >= 0.3 is 0 Å². The number of halogens is 1. The second-order valence-electron chi connectivity index (χ2n) is 8.51. The maximum Gasteiger partial charge on any atom is 0.270 e. The molecular formula is C24H26FN5O5. The number of ether oxygens (including phenoxy) is 3. The van der Waals surface area contributed by atoms with Gasteiger partial charge in [-0.15, -0.1) is 0 Å². The number of likely N-dealkylation sites (tertiary alicyclic amines) is 1. The molecule has 0 aliphatic carbocycles. The number of methoxy groups -OCH3 is 1. The van der Waals surface area contributed by atoms with E-state index in [1.54, 1.807) is 18.2 Å². The number of carbonyl (C=O) groups excluding carboxylic acids is 1. The number of β-amino-alcohol motifs (C(OH)–C–C–N with tert-alkyl or cyclic N) is 1. The van der Waals surface area contributed by atoms with E-state index in [4.69, 9.17) is 14.2 Å². The number of aliphatic hydroxyl groups excluding tert-OH is 1. The lowest BCUT2D eigenvalue weighted by Gasteiger charge is -2.36. The number of nitrogens with one attached hydrogen (secondary N) is 1. The lowest BCUT2D eigenvalue weighted by Crippen LogP contribution is -2.54. The summed E-state index contributed by atoms with van der Waals surface area (Å²) >= 11 is 0. The zero-order chi connectivity index (χ0) is 24.4. The van der Waals surface area contributed by atoms with Crippen molar-refractivity contribution in [1.82, 2.24) is 25.2 Å². The summed E-state index contributed by atoms with van der Waals surface area (Å²) in [5.41, 5.74) is 1.73. The first-order valence-electron chi connectivity index (χ1n) is 11.5. The summed E-state index contributed by atoms with van der Waals surface area (Å²) in [6.07, 6.45) is 2.84. The minimum Gasteiger partial charge on any atom is -0.486 e. The quantitative estimate of drug-likeness (QED) is 0.536. The molecule has 3 aromatic rings. The van der Waals surface area contributed by atoms with Gasteiger partial charge in [0.25, 0.3) is 5.91 Å². The van der Waals surface area contributed by atoms with Gasteiger partial charge in [-0.05, 0) is 18.9 Å². The molecule has 0 bridgehead atoms. The topological polar surface area (TPSA) is 119 Å². The molecule has 2 aliphatic rings. The van der Waals surface area contributed by atoms with Gasteiger partial charge in [0.05, 0.1) is 42.7 Å². The molecule has 0 radical (unpaired) electrons. The van der Waals surface area contributed by atoms with Crippen molar-refractivity contribution < 1.29 is 28.5 Å². The van der Waals surface area contributed by atoms with Gasteiger partial charge in [-0.3, -0.25) is 9.78 Å². The zero-order valence-corrected chi connectivity index (χ0v) is 19.2. The van der Waals surface area contributed by atoms with Gasteiger partial charge in [-0.2, -0.15) is 0 Å². The van der Waals surface area contributed by atoms with E-state index in [0.29, 0.717) is 79.7 Å². The Morgan fingerprint density at radius 1 is 1.26 bits per heavy atom. The smallest absolute Gasteiger partial charge is 0.270 e. The summed E-state index contributed by atoms with van der Waals surface area (Å²) < 4.78 is 30.7. The minimum atomic E-state index is -0.776. The van der Waals surface area contributed by atoms with Crippen LogP contribution in [0.2, 0.25) is 0 Å². The normalized spacial score (nSPS) is 20.0. The summed E-state index contributed by atoms with van der Waals surface area (Å²) in [4.78, 5) is 27.3. The van der Waals surface area contributed by atoms with Crippen LogP contribution < -0.4 is 19.5 Å². The largest absolute Gasteiger partial charge is 0.486 e. The summed E-state index contributed by atoms with van der Waals surface area (Å²) in [5, 5.41) is 13.6. The molecule has 35 heavy (non-hydrogen) atoms. The number of carbonyl (C=O) groups is 1. The third-order valence-corrected chi connectivity index (χ3v) is 6.27. The monoisotopic (exact) mass is 483 g/mol. The number of hydrogen-bond donors (Lipinski definition) is 2. The summed E-state index contributed by atoms with van der Waals surface area (Å²) in [6, 6.07) is 4.56. The SMILES string of the molecule is COc1ccc2ncc(F)c(CCN3CCC(NC(=O)c4cc5c(cn4)OCCO5)C(O)C3)c2n1. The van der Waals surface area contributed by atoms with E-state index < -0.39 is 18.0 Å². The molecule has 184 valence electrons. The number of rotatable bonds is 6. The van der Waals surface area contributed by atoms with Crippen LogP contribution in [0.4, 0.5) is 4.39 Å². The van der Waals surface area contributed by atoms with Crippen LogP contribution in [0.25, 0.3) is 11.0 Å². The summed E-state index contributed by atoms with van der Waals surface area (Å²) in [7, 11) is 1.51. The van der Waals surface area contributed by atoms with E-state index in [1.807, 2.05) is 4.90 Å². The van der Waals surface area contributed by atoms with Gasteiger partial charge in [-0.25, -0.2) is 14.4 Å². The Balaban J connectivity index is 1.19. The number of piperidine rings is 1. The molecule has 10 nitrogen and oxygen atoms in total. The molecule has 2 atom stereocenters. The van der Waals surface area contributed by atoms with Crippen LogP contribution in [0.15, 0.2) is 30.6 Å². The van der Waals surface area contributed by atoms with Gasteiger partial charge in [0.15, 0.2) is 11.5 Å². The molecular weight excluding hydrogens is 457 g/mol. The van der Waals surface area contributed by atoms with Crippen LogP contribution in [-0.2, 0) is 6.42 Å². The van der Waals surface area contributed by atoms with Gasteiger partial charge in [0.1, 0.15) is 24.7 Å². The zero-order valence-electron chi connectivity index (χ0n) is 19.2. The van der Waals surface area contributed by atoms with E-state index >= 15 is 0 Å². The van der Waals surface area contributed by atoms with E-state index in [9.17, 15) is 14.3 Å². The predicted molar refractivity (Wildman–Crippen MR) is 123 cm³/mol. The van der Waals surface area contributed by atoms with Crippen molar-refractivity contribution >= 4 is 16.9 Å². The summed E-state index contributed by atoms with van der Waals surface area (Å²) in [5.74, 6) is 0.575. The Kier molecular flexibility index (Phi) is 6.60. The maximum atomic E-state index is 14.6. The number of amides is 1. The molecule has 3 aromatic heterocycles. The molecule has 2 N–H and O–H groups in total. The first kappa shape index (κ1) is 23.2. The molecule has 2 unspecified atom stereocenters. The average molecular weight is 484 g/mol. The van der Waals surface area contributed by atoms with Gasteiger partial charge < -0.3 is 29.5 Å². The molecule has 5 heterocycles. The van der Waals surface area contributed by atoms with Crippen molar-refractivity contribution in [2.75, 3.05) is 40.0 Å². The third-order valence-electron chi connectivity index (χ3n) is 6.27. The van der Waals surface area contributed by atoms with Gasteiger partial charge in [0.2, 0.25) is 5.88 Å². The number of fused-ring (bicyclic) bond motifs is 2. The maximum absolute atomic E-state index is 14.6. The molecule has 11 heteroatoms. The lowest BCUT2D eigenvalue weighted by molar-refractivity contribution is 0.0382. The fraction of sp³-hybridized carbons (Fsp3) is 0.417. The second-order valence-corrected chi connectivity index (χ2v) is 8.51. The molecule has 1 fully saturated rings. The van der Waals surface area contributed by atoms with E-state index in [-0.39, 0.29) is 11.6 Å². The fourth-order valence-electron chi connectivity index (χ4n) is 4.38. The number of aromatic nitrogens is 3. The van der Waals surface area contributed by atoms with E-state index in [2.05, 4.69) is 20.3 Å². The Hall–Kier alpha value is -3.57.